The molecule has 0 unspecified atom stereocenters. The molecule has 112 valence electrons. The van der Waals surface area contributed by atoms with Crippen molar-refractivity contribution >= 4 is 23.4 Å². The van der Waals surface area contributed by atoms with Gasteiger partial charge >= 0.3 is 0 Å². The minimum absolute atomic E-state index is 0.726. The van der Waals surface area contributed by atoms with Crippen molar-refractivity contribution in [3.63, 3.8) is 0 Å². The smallest absolute Gasteiger partial charge is 0.120 e. The van der Waals surface area contributed by atoms with Crippen molar-refractivity contribution in [2.45, 2.75) is 12.8 Å². The number of nitrogens with one attached hydrogen (secondary N) is 1. The highest BCUT2D eigenvalue weighted by Gasteiger charge is 2.10. The third-order valence-electron chi connectivity index (χ3n) is 3.24. The van der Waals surface area contributed by atoms with Crippen molar-refractivity contribution in [1.82, 2.24) is 10.2 Å². The topological polar surface area (TPSA) is 24.5 Å². The molecule has 0 bridgehead atoms. The molecular formula is C15H23ClN2OS. The van der Waals surface area contributed by atoms with E-state index in [9.17, 15) is 0 Å². The van der Waals surface area contributed by atoms with Crippen LogP contribution in [0.2, 0.25) is 5.02 Å². The molecule has 1 saturated heterocycles. The van der Waals surface area contributed by atoms with E-state index in [0.717, 1.165) is 43.3 Å². The van der Waals surface area contributed by atoms with Gasteiger partial charge in [-0.05, 0) is 37.6 Å². The van der Waals surface area contributed by atoms with Crippen LogP contribution in [0.15, 0.2) is 24.3 Å². The van der Waals surface area contributed by atoms with Gasteiger partial charge < -0.3 is 10.1 Å². The van der Waals surface area contributed by atoms with Gasteiger partial charge in [0.1, 0.15) is 5.75 Å². The molecule has 1 aromatic carbocycles. The number of halogens is 1. The molecule has 1 aromatic rings. The number of benzene rings is 1. The van der Waals surface area contributed by atoms with Crippen LogP contribution in [0.3, 0.4) is 0 Å². The van der Waals surface area contributed by atoms with Crippen molar-refractivity contribution in [3.05, 3.63) is 29.3 Å². The molecule has 0 saturated carbocycles. The second-order valence-corrected chi connectivity index (χ2v) is 6.43. The van der Waals surface area contributed by atoms with Crippen LogP contribution in [-0.2, 0) is 0 Å². The molecule has 1 aliphatic heterocycles. The first-order chi connectivity index (χ1) is 9.84. The summed E-state index contributed by atoms with van der Waals surface area (Å²) in [5.41, 5.74) is 0. The van der Waals surface area contributed by atoms with Gasteiger partial charge in [0.25, 0.3) is 0 Å². The number of nitrogens with zero attached hydrogens (tertiary/aromatic N) is 1. The van der Waals surface area contributed by atoms with Crippen molar-refractivity contribution < 1.29 is 4.74 Å². The van der Waals surface area contributed by atoms with E-state index in [1.165, 1.54) is 24.7 Å². The van der Waals surface area contributed by atoms with Crippen LogP contribution in [0, 0.1) is 0 Å². The summed E-state index contributed by atoms with van der Waals surface area (Å²) in [5.74, 6) is 3.35. The highest BCUT2D eigenvalue weighted by Crippen LogP contribution is 2.17. The molecule has 3 nitrogen and oxygen atoms in total. The van der Waals surface area contributed by atoms with E-state index in [0.29, 0.717) is 0 Å². The zero-order valence-corrected chi connectivity index (χ0v) is 13.4. The van der Waals surface area contributed by atoms with Crippen molar-refractivity contribution in [2.24, 2.45) is 0 Å². The van der Waals surface area contributed by atoms with Crippen molar-refractivity contribution in [2.75, 3.05) is 44.4 Å². The monoisotopic (exact) mass is 314 g/mol. The summed E-state index contributed by atoms with van der Waals surface area (Å²) in [6.45, 7) is 5.34. The summed E-state index contributed by atoms with van der Waals surface area (Å²) in [6.07, 6.45) is 2.22. The maximum atomic E-state index is 5.90. The average Bonchev–Trinajstić information content (AvgIpc) is 2.95. The second-order valence-electron chi connectivity index (χ2n) is 4.92. The summed E-state index contributed by atoms with van der Waals surface area (Å²) >= 11 is 7.93. The summed E-state index contributed by atoms with van der Waals surface area (Å²) < 4.78 is 5.65. The molecule has 5 heteroatoms. The zero-order valence-electron chi connectivity index (χ0n) is 11.8. The maximum Gasteiger partial charge on any atom is 0.120 e. The average molecular weight is 315 g/mol. The van der Waals surface area contributed by atoms with E-state index in [2.05, 4.69) is 10.2 Å². The first kappa shape index (κ1) is 16.0. The Kier molecular flexibility index (Phi) is 7.58. The molecule has 1 N–H and O–H groups in total. The number of thioether (sulfide) groups is 1. The van der Waals surface area contributed by atoms with E-state index < -0.39 is 0 Å². The largest absolute Gasteiger partial charge is 0.494 e. The third-order valence-corrected chi connectivity index (χ3v) is 4.50. The van der Waals surface area contributed by atoms with Gasteiger partial charge in [-0.25, -0.2) is 0 Å². The first-order valence-electron chi connectivity index (χ1n) is 7.24. The van der Waals surface area contributed by atoms with Gasteiger partial charge in [-0.2, -0.15) is 0 Å². The van der Waals surface area contributed by atoms with Gasteiger partial charge in [0.05, 0.1) is 6.61 Å². The molecular weight excluding hydrogens is 292 g/mol. The lowest BCUT2D eigenvalue weighted by Gasteiger charge is -2.13. The van der Waals surface area contributed by atoms with Gasteiger partial charge in [-0.3, -0.25) is 4.90 Å². The predicted octanol–water partition coefficient (Wildman–Crippen LogP) is 3.09. The Balaban J connectivity index is 1.41. The van der Waals surface area contributed by atoms with Crippen LogP contribution in [0.5, 0.6) is 5.75 Å². The molecule has 20 heavy (non-hydrogen) atoms. The fourth-order valence-corrected chi connectivity index (χ4v) is 3.30. The van der Waals surface area contributed by atoms with Gasteiger partial charge in [-0.15, -0.1) is 11.8 Å². The van der Waals surface area contributed by atoms with Gasteiger partial charge in [0, 0.05) is 36.3 Å². The van der Waals surface area contributed by atoms with Gasteiger partial charge in [0.15, 0.2) is 0 Å². The van der Waals surface area contributed by atoms with Crippen LogP contribution < -0.4 is 10.1 Å². The summed E-state index contributed by atoms with van der Waals surface area (Å²) in [5, 5.41) is 4.22. The number of unbranched alkanes of at least 4 members (excludes halogenated alkanes) is 1. The molecule has 0 aliphatic carbocycles. The third kappa shape index (κ3) is 6.35. The molecule has 1 aliphatic rings. The quantitative estimate of drug-likeness (QED) is 0.708. The predicted molar refractivity (Wildman–Crippen MR) is 87.9 cm³/mol. The Hall–Kier alpha value is -0.420. The molecule has 2 rings (SSSR count). The van der Waals surface area contributed by atoms with E-state index in [1.807, 2.05) is 36.0 Å². The van der Waals surface area contributed by atoms with E-state index >= 15 is 0 Å². The van der Waals surface area contributed by atoms with Crippen LogP contribution in [0.4, 0.5) is 0 Å². The Morgan fingerprint density at radius 2 is 2.25 bits per heavy atom. The van der Waals surface area contributed by atoms with Crippen LogP contribution >= 0.6 is 23.4 Å². The lowest BCUT2D eigenvalue weighted by atomic mass is 10.3. The minimum Gasteiger partial charge on any atom is -0.494 e. The molecule has 0 aromatic heterocycles. The van der Waals surface area contributed by atoms with Crippen molar-refractivity contribution in [3.8, 4) is 5.75 Å². The van der Waals surface area contributed by atoms with E-state index in [1.54, 1.807) is 0 Å². The molecule has 0 spiro atoms. The van der Waals surface area contributed by atoms with Crippen LogP contribution in [0.1, 0.15) is 12.8 Å². The first-order valence-corrected chi connectivity index (χ1v) is 8.77. The van der Waals surface area contributed by atoms with Crippen LogP contribution in [-0.4, -0.2) is 49.3 Å². The number of ether oxygens (including phenoxy) is 1. The molecule has 0 radical (unpaired) electrons. The lowest BCUT2D eigenvalue weighted by Crippen LogP contribution is -2.30. The number of hydrogen-bond acceptors (Lipinski definition) is 4. The normalized spacial score (nSPS) is 15.7. The Bertz CT molecular complexity index is 386. The highest BCUT2D eigenvalue weighted by molar-refractivity contribution is 7.99. The Labute approximate surface area is 131 Å². The summed E-state index contributed by atoms with van der Waals surface area (Å²) in [4.78, 5) is 2.50. The summed E-state index contributed by atoms with van der Waals surface area (Å²) in [7, 11) is 0. The minimum atomic E-state index is 0.726. The maximum absolute atomic E-state index is 5.90. The zero-order chi connectivity index (χ0) is 14.0. The second kappa shape index (κ2) is 9.50. The fraction of sp³-hybridized carbons (Fsp3) is 0.600. The fourth-order valence-electron chi connectivity index (χ4n) is 2.09. The van der Waals surface area contributed by atoms with E-state index in [4.69, 9.17) is 16.3 Å². The van der Waals surface area contributed by atoms with Gasteiger partial charge in [-0.1, -0.05) is 17.7 Å². The Morgan fingerprint density at radius 3 is 3.05 bits per heavy atom. The molecule has 1 heterocycles. The molecule has 1 fully saturated rings. The standard InChI is InChI=1S/C15H23ClN2OS/c16-14-4-3-5-15(12-14)19-10-2-1-6-17-7-8-18-9-11-20-13-18/h3-5,12,17H,1-2,6-11,13H2. The van der Waals surface area contributed by atoms with Crippen molar-refractivity contribution in [1.29, 1.82) is 0 Å². The summed E-state index contributed by atoms with van der Waals surface area (Å²) in [6, 6.07) is 7.57. The SMILES string of the molecule is Clc1cccc(OCCCCNCCN2CCSC2)c1. The Morgan fingerprint density at radius 1 is 1.30 bits per heavy atom. The van der Waals surface area contributed by atoms with E-state index in [-0.39, 0.29) is 0 Å². The number of hydrogen-bond donors (Lipinski definition) is 1. The van der Waals surface area contributed by atoms with Gasteiger partial charge in [0.2, 0.25) is 0 Å². The molecule has 0 amide bonds. The lowest BCUT2D eigenvalue weighted by molar-refractivity contribution is 0.304. The van der Waals surface area contributed by atoms with Crippen LogP contribution in [0.25, 0.3) is 0 Å². The molecule has 0 atom stereocenters. The number of rotatable bonds is 9. The highest BCUT2D eigenvalue weighted by atomic mass is 35.5.